The third-order valence-electron chi connectivity index (χ3n) is 5.70. The summed E-state index contributed by atoms with van der Waals surface area (Å²) in [6.07, 6.45) is 5.78. The van der Waals surface area contributed by atoms with E-state index in [2.05, 4.69) is 14.8 Å². The monoisotopic (exact) mass is 447 g/mol. The highest BCUT2D eigenvalue weighted by Gasteiger charge is 2.27. The van der Waals surface area contributed by atoms with Crippen molar-refractivity contribution in [1.29, 1.82) is 0 Å². The number of ether oxygens (including phenoxy) is 3. The van der Waals surface area contributed by atoms with E-state index in [0.717, 1.165) is 29.4 Å². The first kappa shape index (κ1) is 23.4. The van der Waals surface area contributed by atoms with Gasteiger partial charge in [0, 0.05) is 17.0 Å². The Balaban J connectivity index is 2.04. The zero-order chi connectivity index (χ0) is 22.6. The van der Waals surface area contributed by atoms with Gasteiger partial charge in [-0.25, -0.2) is 0 Å². The van der Waals surface area contributed by atoms with Gasteiger partial charge in [-0.2, -0.15) is 0 Å². The minimum absolute atomic E-state index is 0.199. The highest BCUT2D eigenvalue weighted by atomic mass is 32.2. The van der Waals surface area contributed by atoms with Crippen LogP contribution >= 0.6 is 11.8 Å². The van der Waals surface area contributed by atoms with Crippen LogP contribution < -0.4 is 14.2 Å². The van der Waals surface area contributed by atoms with E-state index in [4.69, 9.17) is 14.2 Å². The fraction of sp³-hybridized carbons (Fsp3) is 0.609. The van der Waals surface area contributed by atoms with Crippen molar-refractivity contribution in [3.05, 3.63) is 12.1 Å². The van der Waals surface area contributed by atoms with Gasteiger partial charge in [-0.05, 0) is 25.0 Å². The first-order valence-electron chi connectivity index (χ1n) is 10.7. The number of benzene rings is 1. The molecule has 0 atom stereocenters. The number of aromatic nitrogens is 3. The maximum atomic E-state index is 12.5. The summed E-state index contributed by atoms with van der Waals surface area (Å²) in [5.41, 5.74) is 0.476. The number of carbonyl (C=O) groups excluding carboxylic acids is 1. The molecule has 2 aromatic rings. The number of hydrogen-bond acceptors (Lipinski definition) is 7. The second-order valence-corrected chi connectivity index (χ2v) is 9.79. The molecule has 31 heavy (non-hydrogen) atoms. The van der Waals surface area contributed by atoms with Crippen molar-refractivity contribution in [2.24, 2.45) is 5.41 Å². The molecular formula is C23H33N3O4S. The van der Waals surface area contributed by atoms with E-state index in [0.29, 0.717) is 29.0 Å². The van der Waals surface area contributed by atoms with Crippen molar-refractivity contribution < 1.29 is 19.0 Å². The van der Waals surface area contributed by atoms with Gasteiger partial charge in [0.05, 0.1) is 27.1 Å². The Morgan fingerprint density at radius 2 is 1.65 bits per heavy atom. The number of ketones is 1. The lowest BCUT2D eigenvalue weighted by atomic mass is 9.92. The van der Waals surface area contributed by atoms with Gasteiger partial charge in [0.15, 0.2) is 22.5 Å². The zero-order valence-electron chi connectivity index (χ0n) is 19.4. The van der Waals surface area contributed by atoms with Crippen LogP contribution in [-0.2, 0) is 4.79 Å². The summed E-state index contributed by atoms with van der Waals surface area (Å²) in [4.78, 5) is 12.5. The van der Waals surface area contributed by atoms with Gasteiger partial charge in [-0.15, -0.1) is 10.2 Å². The van der Waals surface area contributed by atoms with Crippen molar-refractivity contribution in [3.63, 3.8) is 0 Å². The fourth-order valence-electron chi connectivity index (χ4n) is 3.80. The van der Waals surface area contributed by atoms with Gasteiger partial charge in [0.1, 0.15) is 5.78 Å². The lowest BCUT2D eigenvalue weighted by Crippen LogP contribution is -2.22. The quantitative estimate of drug-likeness (QED) is 0.516. The van der Waals surface area contributed by atoms with E-state index in [1.165, 1.54) is 31.0 Å². The standard InChI is InChI=1S/C23H33N3O4S/c1-23(2,3)19(27)14-31-22-25-24-21(26(22)16-10-8-7-9-11-16)15-12-17(28-4)20(30-6)18(13-15)29-5/h12-13,16H,7-11,14H2,1-6H3. The Bertz CT molecular complexity index is 889. The molecule has 1 aromatic carbocycles. The smallest absolute Gasteiger partial charge is 0.203 e. The van der Waals surface area contributed by atoms with Crippen LogP contribution in [0, 0.1) is 5.41 Å². The second kappa shape index (κ2) is 9.94. The molecule has 1 aliphatic rings. The molecular weight excluding hydrogens is 414 g/mol. The van der Waals surface area contributed by atoms with Crippen LogP contribution in [-0.4, -0.2) is 47.6 Å². The van der Waals surface area contributed by atoms with Crippen molar-refractivity contribution in [3.8, 4) is 28.6 Å². The van der Waals surface area contributed by atoms with Gasteiger partial charge < -0.3 is 14.2 Å². The summed E-state index contributed by atoms with van der Waals surface area (Å²) in [6.45, 7) is 5.84. The molecule has 0 bridgehead atoms. The summed E-state index contributed by atoms with van der Waals surface area (Å²) < 4.78 is 18.7. The Kier molecular flexibility index (Phi) is 7.51. The molecule has 0 aliphatic heterocycles. The summed E-state index contributed by atoms with van der Waals surface area (Å²) in [6, 6.07) is 4.11. The van der Waals surface area contributed by atoms with E-state index in [1.54, 1.807) is 21.3 Å². The van der Waals surface area contributed by atoms with E-state index < -0.39 is 0 Å². The predicted molar refractivity (Wildman–Crippen MR) is 122 cm³/mol. The fourth-order valence-corrected chi connectivity index (χ4v) is 4.96. The average Bonchev–Trinajstić information content (AvgIpc) is 3.20. The largest absolute Gasteiger partial charge is 0.493 e. The van der Waals surface area contributed by atoms with Crippen LogP contribution in [0.5, 0.6) is 17.2 Å². The van der Waals surface area contributed by atoms with E-state index in [-0.39, 0.29) is 11.2 Å². The first-order chi connectivity index (χ1) is 14.8. The molecule has 1 saturated carbocycles. The summed E-state index contributed by atoms with van der Waals surface area (Å²) >= 11 is 1.47. The second-order valence-electron chi connectivity index (χ2n) is 8.84. The first-order valence-corrected chi connectivity index (χ1v) is 11.7. The minimum atomic E-state index is -0.373. The normalized spacial score (nSPS) is 15.0. The third kappa shape index (κ3) is 5.17. The maximum absolute atomic E-state index is 12.5. The maximum Gasteiger partial charge on any atom is 0.203 e. The number of Topliss-reactive ketones (excluding diaryl/α,β-unsaturated/α-hetero) is 1. The van der Waals surface area contributed by atoms with Gasteiger partial charge >= 0.3 is 0 Å². The van der Waals surface area contributed by atoms with Crippen LogP contribution in [0.4, 0.5) is 0 Å². The Labute approximate surface area is 188 Å². The number of carbonyl (C=O) groups is 1. The molecule has 0 unspecified atom stereocenters. The zero-order valence-corrected chi connectivity index (χ0v) is 20.2. The molecule has 7 nitrogen and oxygen atoms in total. The Morgan fingerprint density at radius 3 is 2.16 bits per heavy atom. The van der Waals surface area contributed by atoms with Crippen molar-refractivity contribution >= 4 is 17.5 Å². The molecule has 170 valence electrons. The Hall–Kier alpha value is -2.22. The van der Waals surface area contributed by atoms with Gasteiger partial charge in [0.2, 0.25) is 5.75 Å². The van der Waals surface area contributed by atoms with E-state index in [1.807, 2.05) is 32.9 Å². The van der Waals surface area contributed by atoms with Gasteiger partial charge in [-0.3, -0.25) is 9.36 Å². The highest BCUT2D eigenvalue weighted by Crippen LogP contribution is 2.43. The number of methoxy groups -OCH3 is 3. The number of thioether (sulfide) groups is 1. The van der Waals surface area contributed by atoms with Crippen molar-refractivity contribution in [2.45, 2.75) is 64.1 Å². The lowest BCUT2D eigenvalue weighted by Gasteiger charge is -2.26. The predicted octanol–water partition coefficient (Wildman–Crippen LogP) is 5.18. The molecule has 1 fully saturated rings. The lowest BCUT2D eigenvalue weighted by molar-refractivity contribution is -0.123. The third-order valence-corrected chi connectivity index (χ3v) is 6.64. The number of nitrogens with zero attached hydrogens (tertiary/aromatic N) is 3. The average molecular weight is 448 g/mol. The van der Waals surface area contributed by atoms with Crippen LogP contribution in [0.15, 0.2) is 17.3 Å². The molecule has 0 N–H and O–H groups in total. The topological polar surface area (TPSA) is 75.5 Å². The van der Waals surface area contributed by atoms with Crippen molar-refractivity contribution in [1.82, 2.24) is 14.8 Å². The number of rotatable bonds is 8. The SMILES string of the molecule is COc1cc(-c2nnc(SCC(=O)C(C)(C)C)n2C2CCCCC2)cc(OC)c1OC. The minimum Gasteiger partial charge on any atom is -0.493 e. The summed E-state index contributed by atoms with van der Waals surface area (Å²) in [7, 11) is 4.80. The van der Waals surface area contributed by atoms with Gasteiger partial charge in [0.25, 0.3) is 0 Å². The van der Waals surface area contributed by atoms with E-state index >= 15 is 0 Å². The molecule has 0 saturated heterocycles. The molecule has 1 aromatic heterocycles. The Morgan fingerprint density at radius 1 is 1.03 bits per heavy atom. The summed E-state index contributed by atoms with van der Waals surface area (Å²) in [5, 5.41) is 9.81. The summed E-state index contributed by atoms with van der Waals surface area (Å²) in [5.74, 6) is 3.04. The van der Waals surface area contributed by atoms with Crippen LogP contribution in [0.1, 0.15) is 58.9 Å². The van der Waals surface area contributed by atoms with E-state index in [9.17, 15) is 4.79 Å². The molecule has 0 spiro atoms. The van der Waals surface area contributed by atoms with Gasteiger partial charge in [-0.1, -0.05) is 51.8 Å². The van der Waals surface area contributed by atoms with Crippen LogP contribution in [0.3, 0.4) is 0 Å². The number of hydrogen-bond donors (Lipinski definition) is 0. The molecule has 3 rings (SSSR count). The van der Waals surface area contributed by atoms with Crippen molar-refractivity contribution in [2.75, 3.05) is 27.1 Å². The molecule has 0 amide bonds. The van der Waals surface area contributed by atoms with Crippen LogP contribution in [0.25, 0.3) is 11.4 Å². The molecule has 1 heterocycles. The molecule has 1 aliphatic carbocycles. The van der Waals surface area contributed by atoms with Crippen LogP contribution in [0.2, 0.25) is 0 Å². The molecule has 8 heteroatoms. The molecule has 0 radical (unpaired) electrons. The highest BCUT2D eigenvalue weighted by molar-refractivity contribution is 7.99.